The van der Waals surface area contributed by atoms with Crippen molar-refractivity contribution in [2.24, 2.45) is 17.8 Å². The van der Waals surface area contributed by atoms with Crippen LogP contribution in [0.5, 0.6) is 0 Å². The summed E-state index contributed by atoms with van der Waals surface area (Å²) < 4.78 is 0. The summed E-state index contributed by atoms with van der Waals surface area (Å²) in [5, 5.41) is 17.7. The molecule has 0 saturated heterocycles. The van der Waals surface area contributed by atoms with Crippen LogP contribution < -0.4 is 10.6 Å². The van der Waals surface area contributed by atoms with Gasteiger partial charge in [-0.25, -0.2) is 0 Å². The molecule has 6 rings (SSSR count). The maximum absolute atomic E-state index is 12.6. The number of non-ortho nitro benzene ring substituents is 1. The Morgan fingerprint density at radius 2 is 1.53 bits per heavy atom. The highest BCUT2D eigenvalue weighted by Gasteiger charge is 2.50. The summed E-state index contributed by atoms with van der Waals surface area (Å²) in [6.45, 7) is 0. The van der Waals surface area contributed by atoms with Gasteiger partial charge in [0.05, 0.1) is 15.5 Å². The SMILES string of the molecule is O=C(Nc1ccc(NC23CC4CC(CC(C4)C2)C3)cc1)c1cc([N+](=O)[O-])ccc1Cl. The first-order valence-corrected chi connectivity index (χ1v) is 10.9. The number of carbonyl (C=O) groups excluding carboxylic acids is 1. The van der Waals surface area contributed by atoms with Crippen molar-refractivity contribution in [1.29, 1.82) is 0 Å². The molecule has 6 nitrogen and oxygen atoms in total. The number of hydrogen-bond donors (Lipinski definition) is 2. The van der Waals surface area contributed by atoms with E-state index in [1.54, 1.807) is 0 Å². The quantitative estimate of drug-likeness (QED) is 0.462. The molecule has 2 aromatic rings. The Kier molecular flexibility index (Phi) is 4.69. The van der Waals surface area contributed by atoms with Gasteiger partial charge in [0.1, 0.15) is 0 Å². The fraction of sp³-hybridized carbons (Fsp3) is 0.435. The number of hydrogen-bond acceptors (Lipinski definition) is 4. The Bertz CT molecular complexity index is 970. The fourth-order valence-electron chi connectivity index (χ4n) is 6.21. The van der Waals surface area contributed by atoms with E-state index in [9.17, 15) is 14.9 Å². The number of nitrogens with zero attached hydrogens (tertiary/aromatic N) is 1. The first-order valence-electron chi connectivity index (χ1n) is 10.5. The number of carbonyl (C=O) groups is 1. The number of amides is 1. The molecular formula is C23H24ClN3O3. The Labute approximate surface area is 180 Å². The minimum atomic E-state index is -0.544. The molecule has 0 heterocycles. The van der Waals surface area contributed by atoms with Crippen LogP contribution in [0, 0.1) is 27.9 Å². The summed E-state index contributed by atoms with van der Waals surface area (Å²) in [6, 6.07) is 11.5. The normalized spacial score (nSPS) is 28.9. The summed E-state index contributed by atoms with van der Waals surface area (Å²) in [6.07, 6.45) is 8.03. The van der Waals surface area contributed by atoms with Crippen LogP contribution in [0.4, 0.5) is 17.1 Å². The summed E-state index contributed by atoms with van der Waals surface area (Å²) in [5.41, 5.74) is 1.85. The highest BCUT2D eigenvalue weighted by atomic mass is 35.5. The van der Waals surface area contributed by atoms with Gasteiger partial charge in [0.15, 0.2) is 0 Å². The van der Waals surface area contributed by atoms with Gasteiger partial charge in [-0.05, 0) is 86.6 Å². The number of benzene rings is 2. The first-order chi connectivity index (χ1) is 14.4. The van der Waals surface area contributed by atoms with Gasteiger partial charge in [0.25, 0.3) is 11.6 Å². The Hall–Kier alpha value is -2.60. The van der Waals surface area contributed by atoms with E-state index in [-0.39, 0.29) is 21.8 Å². The van der Waals surface area contributed by atoms with E-state index in [0.717, 1.165) is 23.4 Å². The second-order valence-electron chi connectivity index (χ2n) is 9.28. The van der Waals surface area contributed by atoms with E-state index >= 15 is 0 Å². The molecule has 0 unspecified atom stereocenters. The second kappa shape index (κ2) is 7.27. The average Bonchev–Trinajstić information content (AvgIpc) is 2.68. The average molecular weight is 426 g/mol. The monoisotopic (exact) mass is 425 g/mol. The molecule has 0 atom stereocenters. The zero-order valence-corrected chi connectivity index (χ0v) is 17.3. The highest BCUT2D eigenvalue weighted by Crippen LogP contribution is 2.56. The third-order valence-electron chi connectivity index (χ3n) is 7.00. The second-order valence-corrected chi connectivity index (χ2v) is 9.68. The van der Waals surface area contributed by atoms with Crippen molar-refractivity contribution in [2.45, 2.75) is 44.1 Å². The van der Waals surface area contributed by atoms with E-state index in [0.29, 0.717) is 5.69 Å². The predicted octanol–water partition coefficient (Wildman–Crippen LogP) is 5.88. The number of anilines is 2. The molecule has 30 heavy (non-hydrogen) atoms. The van der Waals surface area contributed by atoms with Gasteiger partial charge in [-0.1, -0.05) is 11.6 Å². The van der Waals surface area contributed by atoms with E-state index < -0.39 is 10.8 Å². The summed E-state index contributed by atoms with van der Waals surface area (Å²) >= 11 is 6.07. The maximum atomic E-state index is 12.6. The van der Waals surface area contributed by atoms with E-state index in [2.05, 4.69) is 10.6 Å². The maximum Gasteiger partial charge on any atom is 0.270 e. The van der Waals surface area contributed by atoms with Crippen molar-refractivity contribution in [1.82, 2.24) is 0 Å². The molecule has 4 saturated carbocycles. The van der Waals surface area contributed by atoms with Crippen molar-refractivity contribution in [3.05, 3.63) is 63.2 Å². The molecule has 0 spiro atoms. The Balaban J connectivity index is 1.27. The minimum absolute atomic E-state index is 0.0848. The lowest BCUT2D eigenvalue weighted by molar-refractivity contribution is -0.384. The van der Waals surface area contributed by atoms with E-state index in [4.69, 9.17) is 11.6 Å². The number of rotatable bonds is 5. The third-order valence-corrected chi connectivity index (χ3v) is 7.33. The first kappa shape index (κ1) is 19.4. The lowest BCUT2D eigenvalue weighted by atomic mass is 9.53. The molecule has 4 aliphatic carbocycles. The third kappa shape index (κ3) is 3.65. The van der Waals surface area contributed by atoms with Crippen LogP contribution >= 0.6 is 11.6 Å². The van der Waals surface area contributed by atoms with E-state index in [1.807, 2.05) is 24.3 Å². The van der Waals surface area contributed by atoms with Crippen molar-refractivity contribution in [3.63, 3.8) is 0 Å². The topological polar surface area (TPSA) is 84.3 Å². The lowest BCUT2D eigenvalue weighted by Gasteiger charge is -2.57. The molecule has 2 N–H and O–H groups in total. The van der Waals surface area contributed by atoms with Crippen molar-refractivity contribution in [2.75, 3.05) is 10.6 Å². The largest absolute Gasteiger partial charge is 0.380 e. The van der Waals surface area contributed by atoms with Gasteiger partial charge < -0.3 is 10.6 Å². The van der Waals surface area contributed by atoms with Crippen LogP contribution in [0.1, 0.15) is 48.9 Å². The number of nitro benzene ring substituents is 1. The number of halogens is 1. The van der Waals surface area contributed by atoms with Gasteiger partial charge >= 0.3 is 0 Å². The van der Waals surface area contributed by atoms with Gasteiger partial charge in [-0.15, -0.1) is 0 Å². The number of nitro groups is 1. The highest BCUT2D eigenvalue weighted by molar-refractivity contribution is 6.34. The summed E-state index contributed by atoms with van der Waals surface area (Å²) in [4.78, 5) is 23.0. The van der Waals surface area contributed by atoms with Crippen LogP contribution in [0.2, 0.25) is 5.02 Å². The van der Waals surface area contributed by atoms with Crippen LogP contribution in [0.15, 0.2) is 42.5 Å². The summed E-state index contributed by atoms with van der Waals surface area (Å²) in [5.74, 6) is 2.16. The van der Waals surface area contributed by atoms with Gasteiger partial charge in [0.2, 0.25) is 0 Å². The van der Waals surface area contributed by atoms with Crippen LogP contribution in [-0.2, 0) is 0 Å². The van der Waals surface area contributed by atoms with Crippen molar-refractivity contribution in [3.8, 4) is 0 Å². The molecule has 0 aromatic heterocycles. The fourth-order valence-corrected chi connectivity index (χ4v) is 6.41. The molecule has 1 amide bonds. The van der Waals surface area contributed by atoms with Crippen LogP contribution in [-0.4, -0.2) is 16.4 Å². The molecular weight excluding hydrogens is 402 g/mol. The zero-order valence-electron chi connectivity index (χ0n) is 16.6. The molecule has 4 fully saturated rings. The zero-order chi connectivity index (χ0) is 20.9. The molecule has 7 heteroatoms. The van der Waals surface area contributed by atoms with Gasteiger partial charge in [-0.3, -0.25) is 14.9 Å². The van der Waals surface area contributed by atoms with Crippen molar-refractivity contribution < 1.29 is 9.72 Å². The summed E-state index contributed by atoms with van der Waals surface area (Å²) in [7, 11) is 0. The van der Waals surface area contributed by atoms with Gasteiger partial charge in [0, 0.05) is 29.0 Å². The van der Waals surface area contributed by atoms with Crippen LogP contribution in [0.3, 0.4) is 0 Å². The standard InChI is InChI=1S/C23H24ClN3O3/c24-21-6-5-19(27(29)30)10-20(21)22(28)25-17-1-3-18(4-2-17)26-23-11-14-7-15(12-23)9-16(8-14)13-23/h1-6,10,14-16,26H,7-9,11-13H2,(H,25,28). The van der Waals surface area contributed by atoms with Crippen molar-refractivity contribution >= 4 is 34.6 Å². The minimum Gasteiger partial charge on any atom is -0.380 e. The Morgan fingerprint density at radius 1 is 0.967 bits per heavy atom. The van der Waals surface area contributed by atoms with Crippen LogP contribution in [0.25, 0.3) is 0 Å². The lowest BCUT2D eigenvalue weighted by Crippen LogP contribution is -2.54. The van der Waals surface area contributed by atoms with Gasteiger partial charge in [-0.2, -0.15) is 0 Å². The van der Waals surface area contributed by atoms with E-state index in [1.165, 1.54) is 56.7 Å². The molecule has 156 valence electrons. The molecule has 4 aliphatic rings. The smallest absolute Gasteiger partial charge is 0.270 e. The number of nitrogens with one attached hydrogen (secondary N) is 2. The molecule has 0 aliphatic heterocycles. The molecule has 0 radical (unpaired) electrons. The molecule has 2 aromatic carbocycles. The Morgan fingerprint density at radius 3 is 2.10 bits per heavy atom. The molecule has 4 bridgehead atoms. The predicted molar refractivity (Wildman–Crippen MR) is 117 cm³/mol.